The second kappa shape index (κ2) is 7.86. The van der Waals surface area contributed by atoms with E-state index in [1.165, 1.54) is 6.07 Å². The standard InChI is InChI=1S/C17H18F2N4O2S/c1-10-15(26-22-21-10)17(25)23-7-5-11(6-8-23)9-20-16(24)14-12(18)3-2-4-13(14)19/h2-4,11H,5-9H2,1H3,(H,20,24). The number of aryl methyl sites for hydroxylation is 1. The summed E-state index contributed by atoms with van der Waals surface area (Å²) in [6.07, 6.45) is 1.41. The maximum Gasteiger partial charge on any atom is 0.267 e. The van der Waals surface area contributed by atoms with Crippen molar-refractivity contribution in [2.45, 2.75) is 19.8 Å². The number of halogens is 2. The van der Waals surface area contributed by atoms with Gasteiger partial charge in [-0.05, 0) is 49.3 Å². The molecular formula is C17H18F2N4O2S. The number of aromatic nitrogens is 2. The molecule has 1 aliphatic heterocycles. The minimum atomic E-state index is -0.878. The highest BCUT2D eigenvalue weighted by Crippen LogP contribution is 2.21. The van der Waals surface area contributed by atoms with E-state index in [2.05, 4.69) is 14.9 Å². The Morgan fingerprint density at radius 1 is 1.27 bits per heavy atom. The molecule has 1 fully saturated rings. The van der Waals surface area contributed by atoms with Crippen LogP contribution in [-0.4, -0.2) is 45.9 Å². The van der Waals surface area contributed by atoms with Crippen molar-refractivity contribution in [1.29, 1.82) is 0 Å². The van der Waals surface area contributed by atoms with E-state index in [0.29, 0.717) is 43.0 Å². The minimum Gasteiger partial charge on any atom is -0.352 e. The first-order valence-corrected chi connectivity index (χ1v) is 9.05. The van der Waals surface area contributed by atoms with Gasteiger partial charge in [-0.25, -0.2) is 8.78 Å². The zero-order valence-corrected chi connectivity index (χ0v) is 15.0. The highest BCUT2D eigenvalue weighted by atomic mass is 32.1. The highest BCUT2D eigenvalue weighted by Gasteiger charge is 2.26. The van der Waals surface area contributed by atoms with Crippen LogP contribution in [0.5, 0.6) is 0 Å². The summed E-state index contributed by atoms with van der Waals surface area (Å²) in [5.41, 5.74) is 0.0644. The average molecular weight is 380 g/mol. The van der Waals surface area contributed by atoms with Crippen LogP contribution < -0.4 is 5.32 Å². The Balaban J connectivity index is 1.51. The molecule has 26 heavy (non-hydrogen) atoms. The van der Waals surface area contributed by atoms with Crippen LogP contribution in [0.1, 0.15) is 38.6 Å². The Kier molecular flexibility index (Phi) is 5.55. The molecule has 0 radical (unpaired) electrons. The van der Waals surface area contributed by atoms with Gasteiger partial charge in [0.1, 0.15) is 22.1 Å². The molecular weight excluding hydrogens is 362 g/mol. The Hall–Kier alpha value is -2.42. The lowest BCUT2D eigenvalue weighted by Crippen LogP contribution is -2.41. The molecule has 2 heterocycles. The van der Waals surface area contributed by atoms with Crippen molar-refractivity contribution in [2.75, 3.05) is 19.6 Å². The second-order valence-electron chi connectivity index (χ2n) is 6.23. The molecule has 9 heteroatoms. The molecule has 1 aromatic heterocycles. The van der Waals surface area contributed by atoms with Gasteiger partial charge in [0.2, 0.25) is 0 Å². The fourth-order valence-electron chi connectivity index (χ4n) is 2.95. The van der Waals surface area contributed by atoms with Crippen LogP contribution in [-0.2, 0) is 0 Å². The Bertz CT molecular complexity index is 799. The van der Waals surface area contributed by atoms with Crippen molar-refractivity contribution in [2.24, 2.45) is 5.92 Å². The zero-order valence-electron chi connectivity index (χ0n) is 14.2. The molecule has 3 rings (SSSR count). The molecule has 1 aliphatic rings. The molecule has 0 bridgehead atoms. The van der Waals surface area contributed by atoms with E-state index in [0.717, 1.165) is 23.7 Å². The van der Waals surface area contributed by atoms with Crippen molar-refractivity contribution in [3.05, 3.63) is 46.0 Å². The molecule has 0 aliphatic carbocycles. The molecule has 2 aromatic rings. The van der Waals surface area contributed by atoms with Crippen molar-refractivity contribution in [3.8, 4) is 0 Å². The quantitative estimate of drug-likeness (QED) is 0.884. The van der Waals surface area contributed by atoms with E-state index in [1.54, 1.807) is 11.8 Å². The number of likely N-dealkylation sites (tertiary alicyclic amines) is 1. The number of hydrogen-bond acceptors (Lipinski definition) is 5. The van der Waals surface area contributed by atoms with Gasteiger partial charge in [-0.1, -0.05) is 10.6 Å². The van der Waals surface area contributed by atoms with Crippen LogP contribution in [0.25, 0.3) is 0 Å². The number of hydrogen-bond donors (Lipinski definition) is 1. The third-order valence-corrected chi connectivity index (χ3v) is 5.30. The summed E-state index contributed by atoms with van der Waals surface area (Å²) in [7, 11) is 0. The molecule has 138 valence electrons. The van der Waals surface area contributed by atoms with Crippen molar-refractivity contribution in [1.82, 2.24) is 19.8 Å². The Morgan fingerprint density at radius 3 is 2.50 bits per heavy atom. The molecule has 0 atom stereocenters. The summed E-state index contributed by atoms with van der Waals surface area (Å²) in [6, 6.07) is 3.32. The molecule has 1 N–H and O–H groups in total. The summed E-state index contributed by atoms with van der Waals surface area (Å²) >= 11 is 1.09. The smallest absolute Gasteiger partial charge is 0.267 e. The van der Waals surface area contributed by atoms with E-state index in [4.69, 9.17) is 0 Å². The predicted molar refractivity (Wildman–Crippen MR) is 92.0 cm³/mol. The Morgan fingerprint density at radius 2 is 1.92 bits per heavy atom. The van der Waals surface area contributed by atoms with Crippen LogP contribution in [0.15, 0.2) is 18.2 Å². The molecule has 0 spiro atoms. The Labute approximate surface area is 153 Å². The first-order valence-electron chi connectivity index (χ1n) is 8.27. The van der Waals surface area contributed by atoms with Crippen LogP contribution >= 0.6 is 11.5 Å². The summed E-state index contributed by atoms with van der Waals surface area (Å²) in [5.74, 6) is -2.44. The first kappa shape index (κ1) is 18.4. The number of amides is 2. The molecule has 2 amide bonds. The number of carbonyl (C=O) groups is 2. The monoisotopic (exact) mass is 380 g/mol. The number of nitrogens with one attached hydrogen (secondary N) is 1. The average Bonchev–Trinajstić information content (AvgIpc) is 3.05. The maximum atomic E-state index is 13.6. The van der Waals surface area contributed by atoms with E-state index >= 15 is 0 Å². The number of piperidine rings is 1. The van der Waals surface area contributed by atoms with E-state index in [1.807, 2.05) is 0 Å². The van der Waals surface area contributed by atoms with Gasteiger partial charge in [0.25, 0.3) is 11.8 Å². The van der Waals surface area contributed by atoms with Crippen LogP contribution in [0.3, 0.4) is 0 Å². The van der Waals surface area contributed by atoms with E-state index < -0.39 is 23.1 Å². The lowest BCUT2D eigenvalue weighted by atomic mass is 9.96. The lowest BCUT2D eigenvalue weighted by molar-refractivity contribution is 0.0687. The van der Waals surface area contributed by atoms with E-state index in [9.17, 15) is 18.4 Å². The normalized spacial score (nSPS) is 15.1. The molecule has 1 aromatic carbocycles. The largest absolute Gasteiger partial charge is 0.352 e. The number of rotatable bonds is 4. The molecule has 0 unspecified atom stereocenters. The van der Waals surface area contributed by atoms with Crippen LogP contribution in [0.2, 0.25) is 0 Å². The third-order valence-electron chi connectivity index (χ3n) is 4.49. The molecule has 0 saturated carbocycles. The number of benzene rings is 1. The zero-order chi connectivity index (χ0) is 18.7. The van der Waals surface area contributed by atoms with Crippen LogP contribution in [0, 0.1) is 24.5 Å². The molecule has 1 saturated heterocycles. The van der Waals surface area contributed by atoms with Gasteiger partial charge in [0, 0.05) is 19.6 Å². The second-order valence-corrected chi connectivity index (χ2v) is 6.98. The molecule has 6 nitrogen and oxygen atoms in total. The summed E-state index contributed by atoms with van der Waals surface area (Å²) in [5, 5.41) is 6.44. The van der Waals surface area contributed by atoms with E-state index in [-0.39, 0.29) is 11.8 Å². The van der Waals surface area contributed by atoms with Gasteiger partial charge in [0.15, 0.2) is 0 Å². The van der Waals surface area contributed by atoms with Gasteiger partial charge in [-0.2, -0.15) is 0 Å². The minimum absolute atomic E-state index is 0.0755. The SMILES string of the molecule is Cc1nnsc1C(=O)N1CCC(CNC(=O)c2c(F)cccc2F)CC1. The number of carbonyl (C=O) groups excluding carboxylic acids is 2. The van der Waals surface area contributed by atoms with Gasteiger partial charge in [0.05, 0.1) is 5.69 Å². The van der Waals surface area contributed by atoms with Crippen molar-refractivity contribution < 1.29 is 18.4 Å². The first-order chi connectivity index (χ1) is 12.5. The van der Waals surface area contributed by atoms with Crippen molar-refractivity contribution >= 4 is 23.3 Å². The van der Waals surface area contributed by atoms with Crippen LogP contribution in [0.4, 0.5) is 8.78 Å². The lowest BCUT2D eigenvalue weighted by Gasteiger charge is -2.31. The predicted octanol–water partition coefficient (Wildman–Crippen LogP) is 2.41. The summed E-state index contributed by atoms with van der Waals surface area (Å²) in [6.45, 7) is 3.19. The topological polar surface area (TPSA) is 75.2 Å². The van der Waals surface area contributed by atoms with Gasteiger partial charge in [-0.3, -0.25) is 9.59 Å². The fourth-order valence-corrected chi connectivity index (χ4v) is 3.58. The van der Waals surface area contributed by atoms with Gasteiger partial charge < -0.3 is 10.2 Å². The maximum absolute atomic E-state index is 13.6. The summed E-state index contributed by atoms with van der Waals surface area (Å²) in [4.78, 5) is 26.7. The van der Waals surface area contributed by atoms with Crippen molar-refractivity contribution in [3.63, 3.8) is 0 Å². The van der Waals surface area contributed by atoms with Gasteiger partial charge in [-0.15, -0.1) is 5.10 Å². The number of nitrogens with zero attached hydrogens (tertiary/aromatic N) is 3. The fraction of sp³-hybridized carbons (Fsp3) is 0.412. The van der Waals surface area contributed by atoms with Gasteiger partial charge >= 0.3 is 0 Å². The highest BCUT2D eigenvalue weighted by molar-refractivity contribution is 7.07. The summed E-state index contributed by atoms with van der Waals surface area (Å²) < 4.78 is 31.0. The third kappa shape index (κ3) is 3.87.